The summed E-state index contributed by atoms with van der Waals surface area (Å²) in [5, 5.41) is 12.7. The third-order valence-electron chi connectivity index (χ3n) is 2.83. The van der Waals surface area contributed by atoms with Crippen molar-refractivity contribution in [3.05, 3.63) is 42.2 Å². The summed E-state index contributed by atoms with van der Waals surface area (Å²) in [6, 6.07) is 6.23. The molecule has 0 radical (unpaired) electrons. The predicted molar refractivity (Wildman–Crippen MR) is 68.9 cm³/mol. The minimum atomic E-state index is -0.976. The predicted octanol–water partition coefficient (Wildman–Crippen LogP) is 1.84. The van der Waals surface area contributed by atoms with Crippen LogP contribution in [0.5, 0.6) is 0 Å². The third kappa shape index (κ3) is 2.05. The van der Waals surface area contributed by atoms with Crippen molar-refractivity contribution in [2.45, 2.75) is 0 Å². The summed E-state index contributed by atoms with van der Waals surface area (Å²) in [5.41, 5.74) is 0.862. The first kappa shape index (κ1) is 12.1. The fourth-order valence-corrected chi connectivity index (χ4v) is 1.77. The van der Waals surface area contributed by atoms with E-state index in [0.717, 1.165) is 0 Å². The van der Waals surface area contributed by atoms with E-state index in [1.165, 1.54) is 12.1 Å². The van der Waals surface area contributed by atoms with E-state index in [4.69, 9.17) is 9.63 Å². The molecule has 3 aromatic rings. The molecule has 1 aromatic carbocycles. The van der Waals surface area contributed by atoms with E-state index in [1.54, 1.807) is 29.1 Å². The highest BCUT2D eigenvalue weighted by molar-refractivity contribution is 5.88. The number of benzene rings is 1. The zero-order chi connectivity index (χ0) is 14.1. The van der Waals surface area contributed by atoms with Crippen LogP contribution in [-0.4, -0.2) is 30.8 Å². The average molecular weight is 270 g/mol. The van der Waals surface area contributed by atoms with Crippen LogP contribution in [0.2, 0.25) is 0 Å². The zero-order valence-corrected chi connectivity index (χ0v) is 10.5. The van der Waals surface area contributed by atoms with E-state index in [1.807, 2.05) is 7.05 Å². The molecule has 7 nitrogen and oxygen atoms in total. The van der Waals surface area contributed by atoms with Crippen LogP contribution >= 0.6 is 0 Å². The monoisotopic (exact) mass is 270 g/mol. The van der Waals surface area contributed by atoms with Gasteiger partial charge in [0.1, 0.15) is 0 Å². The number of hydrogen-bond donors (Lipinski definition) is 1. The molecular formula is C13H10N4O3. The Morgan fingerprint density at radius 1 is 1.30 bits per heavy atom. The average Bonchev–Trinajstić information content (AvgIpc) is 3.07. The van der Waals surface area contributed by atoms with Crippen molar-refractivity contribution in [2.24, 2.45) is 7.05 Å². The van der Waals surface area contributed by atoms with Crippen LogP contribution in [0.1, 0.15) is 10.4 Å². The Morgan fingerprint density at radius 3 is 2.65 bits per heavy atom. The molecule has 3 rings (SSSR count). The van der Waals surface area contributed by atoms with Crippen molar-refractivity contribution in [3.63, 3.8) is 0 Å². The van der Waals surface area contributed by atoms with Crippen molar-refractivity contribution >= 4 is 5.97 Å². The molecule has 0 saturated carbocycles. The van der Waals surface area contributed by atoms with Crippen LogP contribution in [0, 0.1) is 0 Å². The lowest BCUT2D eigenvalue weighted by Gasteiger charge is -1.96. The Hall–Kier alpha value is -2.96. The van der Waals surface area contributed by atoms with Gasteiger partial charge in [-0.3, -0.25) is 0 Å². The van der Waals surface area contributed by atoms with E-state index in [-0.39, 0.29) is 5.56 Å². The summed E-state index contributed by atoms with van der Waals surface area (Å²) in [4.78, 5) is 19.2. The summed E-state index contributed by atoms with van der Waals surface area (Å²) >= 11 is 0. The summed E-state index contributed by atoms with van der Waals surface area (Å²) in [7, 11) is 1.83. The number of rotatable bonds is 3. The normalized spacial score (nSPS) is 10.7. The number of aryl methyl sites for hydroxylation is 1. The Kier molecular flexibility index (Phi) is 2.79. The molecule has 0 bridgehead atoms. The molecule has 100 valence electrons. The lowest BCUT2D eigenvalue weighted by Crippen LogP contribution is -1.95. The second-order valence-electron chi connectivity index (χ2n) is 4.17. The highest BCUT2D eigenvalue weighted by Gasteiger charge is 2.14. The van der Waals surface area contributed by atoms with Crippen molar-refractivity contribution in [1.82, 2.24) is 19.7 Å². The number of carbonyl (C=O) groups is 1. The van der Waals surface area contributed by atoms with Gasteiger partial charge in [-0.05, 0) is 24.3 Å². The highest BCUT2D eigenvalue weighted by Crippen LogP contribution is 2.21. The molecule has 0 aliphatic heterocycles. The second-order valence-corrected chi connectivity index (χ2v) is 4.17. The molecule has 2 aromatic heterocycles. The first-order valence-corrected chi connectivity index (χ1v) is 5.80. The van der Waals surface area contributed by atoms with Gasteiger partial charge in [-0.2, -0.15) is 4.98 Å². The zero-order valence-electron chi connectivity index (χ0n) is 10.5. The van der Waals surface area contributed by atoms with Gasteiger partial charge in [-0.15, -0.1) is 0 Å². The van der Waals surface area contributed by atoms with Crippen molar-refractivity contribution in [1.29, 1.82) is 0 Å². The topological polar surface area (TPSA) is 94.0 Å². The van der Waals surface area contributed by atoms with Gasteiger partial charge in [0, 0.05) is 25.0 Å². The van der Waals surface area contributed by atoms with Crippen molar-refractivity contribution in [3.8, 4) is 23.1 Å². The molecule has 0 aliphatic rings. The van der Waals surface area contributed by atoms with Crippen LogP contribution in [-0.2, 0) is 7.05 Å². The summed E-state index contributed by atoms with van der Waals surface area (Å²) in [5.74, 6) is 0.327. The molecule has 0 atom stereocenters. The maximum absolute atomic E-state index is 10.8. The number of imidazole rings is 1. The number of hydrogen-bond acceptors (Lipinski definition) is 5. The second kappa shape index (κ2) is 4.61. The van der Waals surface area contributed by atoms with Gasteiger partial charge in [0.2, 0.25) is 5.82 Å². The van der Waals surface area contributed by atoms with Crippen molar-refractivity contribution < 1.29 is 14.4 Å². The molecule has 20 heavy (non-hydrogen) atoms. The van der Waals surface area contributed by atoms with Gasteiger partial charge in [0.15, 0.2) is 5.82 Å². The van der Waals surface area contributed by atoms with Gasteiger partial charge >= 0.3 is 5.97 Å². The van der Waals surface area contributed by atoms with Gasteiger partial charge in [-0.25, -0.2) is 9.78 Å². The van der Waals surface area contributed by atoms with E-state index in [0.29, 0.717) is 23.1 Å². The molecular weight excluding hydrogens is 260 g/mol. The number of nitrogens with zero attached hydrogens (tertiary/aromatic N) is 4. The number of aromatic carboxylic acids is 1. The molecule has 0 fully saturated rings. The summed E-state index contributed by atoms with van der Waals surface area (Å²) in [6.07, 6.45) is 3.43. The van der Waals surface area contributed by atoms with Crippen LogP contribution in [0.15, 0.2) is 41.2 Å². The number of carboxylic acids is 1. The maximum Gasteiger partial charge on any atom is 0.335 e. The van der Waals surface area contributed by atoms with Crippen LogP contribution in [0.3, 0.4) is 0 Å². The molecule has 0 amide bonds. The maximum atomic E-state index is 10.8. The van der Waals surface area contributed by atoms with Gasteiger partial charge in [-0.1, -0.05) is 5.16 Å². The number of carboxylic acid groups (broad SMARTS) is 1. The molecule has 0 spiro atoms. The Labute approximate surface area is 113 Å². The van der Waals surface area contributed by atoms with E-state index >= 15 is 0 Å². The van der Waals surface area contributed by atoms with E-state index in [9.17, 15) is 4.79 Å². The minimum Gasteiger partial charge on any atom is -0.478 e. The summed E-state index contributed by atoms with van der Waals surface area (Å²) in [6.45, 7) is 0. The van der Waals surface area contributed by atoms with Crippen LogP contribution in [0.25, 0.3) is 23.1 Å². The molecule has 0 unspecified atom stereocenters. The Balaban J connectivity index is 1.94. The van der Waals surface area contributed by atoms with Gasteiger partial charge in [0.05, 0.1) is 5.56 Å². The molecule has 7 heteroatoms. The standard InChI is InChI=1S/C13H10N4O3/c1-17-7-6-14-11(17)10-15-12(20-16-10)8-2-4-9(5-3-8)13(18)19/h2-7H,1H3,(H,18,19). The lowest BCUT2D eigenvalue weighted by molar-refractivity contribution is 0.0697. The van der Waals surface area contributed by atoms with E-state index < -0.39 is 5.97 Å². The quantitative estimate of drug-likeness (QED) is 0.780. The minimum absolute atomic E-state index is 0.206. The van der Waals surface area contributed by atoms with Gasteiger partial charge in [0.25, 0.3) is 5.89 Å². The third-order valence-corrected chi connectivity index (χ3v) is 2.83. The SMILES string of the molecule is Cn1ccnc1-c1noc(-c2ccc(C(=O)O)cc2)n1. The van der Waals surface area contributed by atoms with Crippen molar-refractivity contribution in [2.75, 3.05) is 0 Å². The first-order valence-electron chi connectivity index (χ1n) is 5.80. The molecule has 2 heterocycles. The molecule has 1 N–H and O–H groups in total. The number of aromatic nitrogens is 4. The molecule has 0 saturated heterocycles. The Bertz CT molecular complexity index is 758. The van der Waals surface area contributed by atoms with Crippen LogP contribution < -0.4 is 0 Å². The molecule has 0 aliphatic carbocycles. The first-order chi connectivity index (χ1) is 9.65. The fraction of sp³-hybridized carbons (Fsp3) is 0.0769. The smallest absolute Gasteiger partial charge is 0.335 e. The van der Waals surface area contributed by atoms with Crippen LogP contribution in [0.4, 0.5) is 0 Å². The van der Waals surface area contributed by atoms with Gasteiger partial charge < -0.3 is 14.2 Å². The Morgan fingerprint density at radius 2 is 2.05 bits per heavy atom. The fourth-order valence-electron chi connectivity index (χ4n) is 1.77. The van der Waals surface area contributed by atoms with E-state index in [2.05, 4.69) is 15.1 Å². The highest BCUT2D eigenvalue weighted by atomic mass is 16.5. The summed E-state index contributed by atoms with van der Waals surface area (Å²) < 4.78 is 6.95. The lowest BCUT2D eigenvalue weighted by atomic mass is 10.1. The largest absolute Gasteiger partial charge is 0.478 e.